The standard InChI is InChI=1S/C21H18N4OS/c1-21(15-10-6-3-7-11-15)13-17(21)23-19-24-25-18(26)12-16(22-20(25)27-19)14-8-4-2-5-9-14/h2-12,17H,13H2,1H3,(H,23,24). The summed E-state index contributed by atoms with van der Waals surface area (Å²) in [5, 5.41) is 8.65. The van der Waals surface area contributed by atoms with Gasteiger partial charge in [0.25, 0.3) is 5.56 Å². The van der Waals surface area contributed by atoms with Gasteiger partial charge in [-0.3, -0.25) is 4.79 Å². The molecule has 2 atom stereocenters. The average Bonchev–Trinajstić information content (AvgIpc) is 3.17. The summed E-state index contributed by atoms with van der Waals surface area (Å²) in [6.07, 6.45) is 1.05. The van der Waals surface area contributed by atoms with Crippen molar-refractivity contribution in [2.45, 2.75) is 24.8 Å². The molecule has 0 spiro atoms. The Kier molecular flexibility index (Phi) is 3.62. The fourth-order valence-corrected chi connectivity index (χ4v) is 4.35. The van der Waals surface area contributed by atoms with Crippen LogP contribution in [-0.4, -0.2) is 20.6 Å². The van der Waals surface area contributed by atoms with Crippen molar-refractivity contribution in [3.05, 3.63) is 82.6 Å². The number of rotatable bonds is 4. The van der Waals surface area contributed by atoms with E-state index in [-0.39, 0.29) is 11.0 Å². The van der Waals surface area contributed by atoms with Crippen LogP contribution in [0.2, 0.25) is 0 Å². The van der Waals surface area contributed by atoms with Crippen LogP contribution in [0.15, 0.2) is 71.5 Å². The van der Waals surface area contributed by atoms with Gasteiger partial charge in [-0.2, -0.15) is 4.52 Å². The lowest BCUT2D eigenvalue weighted by Crippen LogP contribution is -2.16. The van der Waals surface area contributed by atoms with Crippen LogP contribution < -0.4 is 10.9 Å². The predicted octanol–water partition coefficient (Wildman–Crippen LogP) is 3.96. The lowest BCUT2D eigenvalue weighted by Gasteiger charge is -2.11. The number of nitrogens with zero attached hydrogens (tertiary/aromatic N) is 3. The van der Waals surface area contributed by atoms with Gasteiger partial charge < -0.3 is 5.32 Å². The van der Waals surface area contributed by atoms with E-state index in [0.29, 0.717) is 16.7 Å². The summed E-state index contributed by atoms with van der Waals surface area (Å²) >= 11 is 1.41. The van der Waals surface area contributed by atoms with Gasteiger partial charge >= 0.3 is 0 Å². The molecule has 0 radical (unpaired) electrons. The van der Waals surface area contributed by atoms with Crippen molar-refractivity contribution in [3.8, 4) is 11.3 Å². The monoisotopic (exact) mass is 374 g/mol. The minimum Gasteiger partial charge on any atom is -0.356 e. The summed E-state index contributed by atoms with van der Waals surface area (Å²) < 4.78 is 1.38. The molecule has 1 saturated carbocycles. The second kappa shape index (κ2) is 6.03. The number of nitrogens with one attached hydrogen (secondary N) is 1. The largest absolute Gasteiger partial charge is 0.356 e. The van der Waals surface area contributed by atoms with Gasteiger partial charge in [-0.05, 0) is 12.0 Å². The van der Waals surface area contributed by atoms with Gasteiger partial charge in [-0.15, -0.1) is 5.10 Å². The number of benzene rings is 2. The molecule has 4 aromatic rings. The van der Waals surface area contributed by atoms with Crippen LogP contribution in [0.25, 0.3) is 16.2 Å². The summed E-state index contributed by atoms with van der Waals surface area (Å²) in [5.41, 5.74) is 2.87. The smallest absolute Gasteiger partial charge is 0.275 e. The van der Waals surface area contributed by atoms with Crippen LogP contribution in [0.3, 0.4) is 0 Å². The molecule has 1 N–H and O–H groups in total. The first-order valence-electron chi connectivity index (χ1n) is 8.92. The summed E-state index contributed by atoms with van der Waals surface area (Å²) in [5.74, 6) is 0. The Bertz CT molecular complexity index is 1170. The van der Waals surface area contributed by atoms with Crippen molar-refractivity contribution in [3.63, 3.8) is 0 Å². The second-order valence-electron chi connectivity index (χ2n) is 7.13. The molecule has 2 unspecified atom stereocenters. The maximum Gasteiger partial charge on any atom is 0.275 e. The van der Waals surface area contributed by atoms with Gasteiger partial charge in [0.2, 0.25) is 10.1 Å². The first-order chi connectivity index (χ1) is 13.1. The van der Waals surface area contributed by atoms with E-state index in [0.717, 1.165) is 17.1 Å². The Labute approximate surface area is 160 Å². The molecular formula is C21H18N4OS. The Morgan fingerprint density at radius 2 is 1.81 bits per heavy atom. The van der Waals surface area contributed by atoms with E-state index in [1.807, 2.05) is 36.4 Å². The molecule has 27 heavy (non-hydrogen) atoms. The van der Waals surface area contributed by atoms with Gasteiger partial charge in [0, 0.05) is 23.1 Å². The number of anilines is 1. The molecule has 1 fully saturated rings. The molecule has 0 saturated heterocycles. The topological polar surface area (TPSA) is 59.3 Å². The first kappa shape index (κ1) is 16.2. The van der Waals surface area contributed by atoms with Gasteiger partial charge in [0.05, 0.1) is 5.69 Å². The number of aromatic nitrogens is 3. The van der Waals surface area contributed by atoms with E-state index in [9.17, 15) is 4.79 Å². The van der Waals surface area contributed by atoms with Crippen molar-refractivity contribution >= 4 is 21.4 Å². The molecular weight excluding hydrogens is 356 g/mol. The molecule has 2 aromatic carbocycles. The molecule has 0 aliphatic heterocycles. The van der Waals surface area contributed by atoms with Crippen LogP contribution in [-0.2, 0) is 5.41 Å². The third kappa shape index (κ3) is 2.82. The fourth-order valence-electron chi connectivity index (χ4n) is 3.49. The van der Waals surface area contributed by atoms with E-state index in [1.54, 1.807) is 0 Å². The maximum absolute atomic E-state index is 12.5. The van der Waals surface area contributed by atoms with Gasteiger partial charge in [-0.1, -0.05) is 78.9 Å². The Hall–Kier alpha value is -2.99. The second-order valence-corrected chi connectivity index (χ2v) is 8.09. The number of fused-ring (bicyclic) bond motifs is 1. The minimum absolute atomic E-state index is 0.104. The molecule has 0 bridgehead atoms. The highest BCUT2D eigenvalue weighted by Gasteiger charge is 2.51. The van der Waals surface area contributed by atoms with E-state index in [2.05, 4.69) is 46.6 Å². The fraction of sp³-hybridized carbons (Fsp3) is 0.190. The summed E-state index contributed by atoms with van der Waals surface area (Å²) in [7, 11) is 0. The summed E-state index contributed by atoms with van der Waals surface area (Å²) in [6.45, 7) is 2.26. The van der Waals surface area contributed by atoms with Gasteiger partial charge in [-0.25, -0.2) is 4.98 Å². The van der Waals surface area contributed by atoms with Crippen molar-refractivity contribution in [2.24, 2.45) is 0 Å². The van der Waals surface area contributed by atoms with Crippen LogP contribution in [0, 0.1) is 0 Å². The third-order valence-corrected chi connectivity index (χ3v) is 6.12. The zero-order chi connectivity index (χ0) is 18.4. The van der Waals surface area contributed by atoms with Crippen molar-refractivity contribution < 1.29 is 0 Å². The SMILES string of the molecule is CC1(c2ccccc2)CC1Nc1nn2c(=O)cc(-c3ccccc3)nc2s1. The van der Waals surface area contributed by atoms with Gasteiger partial charge in [0.1, 0.15) is 0 Å². The predicted molar refractivity (Wildman–Crippen MR) is 108 cm³/mol. The first-order valence-corrected chi connectivity index (χ1v) is 9.73. The summed E-state index contributed by atoms with van der Waals surface area (Å²) in [6, 6.07) is 22.1. The molecule has 2 heterocycles. The Morgan fingerprint density at radius 1 is 1.11 bits per heavy atom. The highest BCUT2D eigenvalue weighted by Crippen LogP contribution is 2.49. The van der Waals surface area contributed by atoms with Crippen LogP contribution >= 0.6 is 11.3 Å². The van der Waals surface area contributed by atoms with Gasteiger partial charge in [0.15, 0.2) is 0 Å². The third-order valence-electron chi connectivity index (χ3n) is 5.28. The lowest BCUT2D eigenvalue weighted by atomic mass is 9.98. The molecule has 1 aliphatic rings. The average molecular weight is 374 g/mol. The molecule has 5 rings (SSSR count). The van der Waals surface area contributed by atoms with E-state index in [4.69, 9.17) is 0 Å². The number of hydrogen-bond acceptors (Lipinski definition) is 5. The Balaban J connectivity index is 1.44. The van der Waals surface area contributed by atoms with E-state index < -0.39 is 0 Å². The van der Waals surface area contributed by atoms with Crippen LogP contribution in [0.1, 0.15) is 18.9 Å². The Morgan fingerprint density at radius 3 is 2.56 bits per heavy atom. The highest BCUT2D eigenvalue weighted by atomic mass is 32.1. The number of hydrogen-bond donors (Lipinski definition) is 1. The molecule has 1 aliphatic carbocycles. The normalized spacial score (nSPS) is 21.3. The zero-order valence-corrected chi connectivity index (χ0v) is 15.6. The van der Waals surface area contributed by atoms with Crippen molar-refractivity contribution in [2.75, 3.05) is 5.32 Å². The molecule has 6 heteroatoms. The zero-order valence-electron chi connectivity index (χ0n) is 14.8. The maximum atomic E-state index is 12.5. The molecule has 5 nitrogen and oxygen atoms in total. The van der Waals surface area contributed by atoms with Crippen molar-refractivity contribution in [1.29, 1.82) is 0 Å². The minimum atomic E-state index is -0.162. The summed E-state index contributed by atoms with van der Waals surface area (Å²) in [4.78, 5) is 17.7. The quantitative estimate of drug-likeness (QED) is 0.587. The molecule has 0 amide bonds. The molecule has 134 valence electrons. The van der Waals surface area contributed by atoms with Crippen molar-refractivity contribution in [1.82, 2.24) is 14.6 Å². The lowest BCUT2D eigenvalue weighted by molar-refractivity contribution is 0.756. The van der Waals surface area contributed by atoms with Crippen LogP contribution in [0.4, 0.5) is 5.13 Å². The highest BCUT2D eigenvalue weighted by molar-refractivity contribution is 7.20. The van der Waals surface area contributed by atoms with E-state index >= 15 is 0 Å². The van der Waals surface area contributed by atoms with E-state index in [1.165, 1.54) is 27.5 Å². The molecule has 2 aromatic heterocycles. The van der Waals surface area contributed by atoms with Crippen LogP contribution in [0.5, 0.6) is 0 Å².